The van der Waals surface area contributed by atoms with Crippen LogP contribution < -0.4 is 0 Å². The number of aromatic nitrogens is 4. The third kappa shape index (κ3) is 4.37. The van der Waals surface area contributed by atoms with Crippen LogP contribution in [0, 0.1) is 16.7 Å². The van der Waals surface area contributed by atoms with E-state index in [2.05, 4.69) is 16.3 Å². The lowest BCUT2D eigenvalue weighted by Gasteiger charge is -2.10. The van der Waals surface area contributed by atoms with E-state index in [4.69, 9.17) is 11.6 Å². The number of ketones is 1. The lowest BCUT2D eigenvalue weighted by molar-refractivity contribution is 0.00947. The van der Waals surface area contributed by atoms with Crippen molar-refractivity contribution in [2.24, 2.45) is 12.5 Å². The summed E-state index contributed by atoms with van der Waals surface area (Å²) in [7, 11) is 1.63. The van der Waals surface area contributed by atoms with Crippen LogP contribution in [0.15, 0.2) is 35.5 Å². The van der Waals surface area contributed by atoms with Crippen LogP contribution in [0.5, 0.6) is 0 Å². The maximum Gasteiger partial charge on any atom is 0.289 e. The first-order chi connectivity index (χ1) is 16.1. The van der Waals surface area contributed by atoms with E-state index in [0.717, 1.165) is 38.2 Å². The zero-order chi connectivity index (χ0) is 24.3. The zero-order valence-corrected chi connectivity index (χ0v) is 20.3. The number of carbonyl (C=O) groups excluding carboxylic acids is 1. The molecule has 34 heavy (non-hydrogen) atoms. The highest BCUT2D eigenvalue weighted by Gasteiger charge is 2.45. The summed E-state index contributed by atoms with van der Waals surface area (Å²) in [6, 6.07) is 7.38. The fourth-order valence-electron chi connectivity index (χ4n) is 3.88. The van der Waals surface area contributed by atoms with Crippen molar-refractivity contribution in [3.8, 4) is 23.0 Å². The molecule has 2 aliphatic rings. The Bertz CT molecular complexity index is 1330. The van der Waals surface area contributed by atoms with Gasteiger partial charge >= 0.3 is 0 Å². The fourth-order valence-corrected chi connectivity index (χ4v) is 5.47. The third-order valence-electron chi connectivity index (χ3n) is 6.19. The molecular formula is C24H22ClF2N5OS. The van der Waals surface area contributed by atoms with E-state index in [0.29, 0.717) is 32.1 Å². The first-order valence-corrected chi connectivity index (χ1v) is 12.3. The summed E-state index contributed by atoms with van der Waals surface area (Å²) in [6.07, 6.45) is 6.95. The predicted octanol–water partition coefficient (Wildman–Crippen LogP) is 6.17. The van der Waals surface area contributed by atoms with Crippen LogP contribution in [0.1, 0.15) is 55.1 Å². The van der Waals surface area contributed by atoms with Crippen LogP contribution in [0.4, 0.5) is 8.78 Å². The van der Waals surface area contributed by atoms with E-state index >= 15 is 0 Å². The molecule has 2 saturated carbocycles. The van der Waals surface area contributed by atoms with Crippen molar-refractivity contribution in [3.05, 3.63) is 46.9 Å². The molecule has 1 aromatic carbocycles. The molecule has 0 spiro atoms. The van der Waals surface area contributed by atoms with Crippen molar-refractivity contribution in [2.45, 2.75) is 55.1 Å². The van der Waals surface area contributed by atoms with Crippen molar-refractivity contribution in [3.63, 3.8) is 0 Å². The number of nitriles is 1. The molecule has 5 rings (SSSR count). The second-order valence-corrected chi connectivity index (χ2v) is 10.9. The molecule has 176 valence electrons. The Kier molecular flexibility index (Phi) is 5.57. The van der Waals surface area contributed by atoms with Gasteiger partial charge in [0.25, 0.3) is 5.92 Å². The van der Waals surface area contributed by atoms with Gasteiger partial charge in [-0.1, -0.05) is 17.7 Å². The number of hydrogen-bond acceptors (Lipinski definition) is 5. The fraction of sp³-hybridized carbons (Fsp3) is 0.417. The smallest absolute Gasteiger partial charge is 0.289 e. The molecule has 0 atom stereocenters. The van der Waals surface area contributed by atoms with E-state index < -0.39 is 11.3 Å². The van der Waals surface area contributed by atoms with Crippen LogP contribution in [0.25, 0.3) is 16.9 Å². The number of halogens is 3. The van der Waals surface area contributed by atoms with Gasteiger partial charge in [-0.2, -0.15) is 24.2 Å². The number of carbonyl (C=O) groups is 1. The van der Waals surface area contributed by atoms with Crippen LogP contribution in [-0.2, 0) is 13.0 Å². The SMILES string of the molecule is Cn1nc(C(C)(F)F)c(SC2CC2)c1-n1cc(-c2ccc(Cl)c(C(=O)CC3(C#N)CC3)c2)cn1. The molecule has 6 nitrogen and oxygen atoms in total. The summed E-state index contributed by atoms with van der Waals surface area (Å²) < 4.78 is 31.6. The number of benzene rings is 1. The van der Waals surface area contributed by atoms with Gasteiger partial charge in [0, 0.05) is 43.0 Å². The van der Waals surface area contributed by atoms with E-state index in [1.54, 1.807) is 42.3 Å². The minimum Gasteiger partial charge on any atom is -0.294 e. The lowest BCUT2D eigenvalue weighted by atomic mass is 9.95. The van der Waals surface area contributed by atoms with Crippen molar-refractivity contribution < 1.29 is 13.6 Å². The highest BCUT2D eigenvalue weighted by Crippen LogP contribution is 2.49. The van der Waals surface area contributed by atoms with E-state index in [9.17, 15) is 18.8 Å². The summed E-state index contributed by atoms with van der Waals surface area (Å²) in [5.74, 6) is -2.76. The van der Waals surface area contributed by atoms with E-state index in [-0.39, 0.29) is 17.9 Å². The Morgan fingerprint density at radius 1 is 1.35 bits per heavy atom. The number of hydrogen-bond donors (Lipinski definition) is 0. The molecule has 2 heterocycles. The minimum atomic E-state index is -3.07. The minimum absolute atomic E-state index is 0.150. The zero-order valence-electron chi connectivity index (χ0n) is 18.7. The van der Waals surface area contributed by atoms with Crippen LogP contribution in [-0.4, -0.2) is 30.6 Å². The molecule has 0 radical (unpaired) electrons. The molecule has 0 saturated heterocycles. The Morgan fingerprint density at radius 3 is 2.71 bits per heavy atom. The second-order valence-electron chi connectivity index (χ2n) is 9.19. The number of rotatable bonds is 8. The monoisotopic (exact) mass is 501 g/mol. The average molecular weight is 502 g/mol. The molecule has 2 aromatic heterocycles. The number of nitrogens with zero attached hydrogens (tertiary/aromatic N) is 5. The maximum absolute atomic E-state index is 14.3. The second kappa shape index (κ2) is 8.21. The van der Waals surface area contributed by atoms with Gasteiger partial charge in [0.05, 0.1) is 27.6 Å². The topological polar surface area (TPSA) is 76.5 Å². The molecule has 0 N–H and O–H groups in total. The number of Topliss-reactive ketones (excluding diaryl/α,β-unsaturated/α-hetero) is 1. The van der Waals surface area contributed by atoms with Gasteiger partial charge in [-0.15, -0.1) is 11.8 Å². The third-order valence-corrected chi connectivity index (χ3v) is 7.93. The Labute approximate surface area is 204 Å². The predicted molar refractivity (Wildman–Crippen MR) is 125 cm³/mol. The van der Waals surface area contributed by atoms with Gasteiger partial charge in [-0.3, -0.25) is 4.79 Å². The van der Waals surface area contributed by atoms with Crippen LogP contribution in [0.3, 0.4) is 0 Å². The largest absolute Gasteiger partial charge is 0.294 e. The van der Waals surface area contributed by atoms with Gasteiger partial charge in [-0.25, -0.2) is 9.36 Å². The lowest BCUT2D eigenvalue weighted by Crippen LogP contribution is -2.10. The van der Waals surface area contributed by atoms with E-state index in [1.807, 2.05) is 0 Å². The average Bonchev–Trinajstić information content (AvgIpc) is 3.67. The Balaban J connectivity index is 1.49. The maximum atomic E-state index is 14.3. The van der Waals surface area contributed by atoms with Crippen molar-refractivity contribution >= 4 is 29.1 Å². The summed E-state index contributed by atoms with van der Waals surface area (Å²) in [5.41, 5.74) is 0.993. The van der Waals surface area contributed by atoms with Crippen LogP contribution >= 0.6 is 23.4 Å². The van der Waals surface area contributed by atoms with Crippen molar-refractivity contribution in [2.75, 3.05) is 0 Å². The quantitative estimate of drug-likeness (QED) is 0.345. The summed E-state index contributed by atoms with van der Waals surface area (Å²) in [6.45, 7) is 0.856. The molecule has 0 amide bonds. The van der Waals surface area contributed by atoms with E-state index in [1.165, 1.54) is 16.4 Å². The van der Waals surface area contributed by atoms with Gasteiger partial charge in [0.15, 0.2) is 11.6 Å². The summed E-state index contributed by atoms with van der Waals surface area (Å²) in [4.78, 5) is 13.3. The standard InChI is InChI=1S/C24H22ClF2N5OS/c1-23(26,27)21-20(34-16-4-5-16)22(31(2)30-21)32-12-15(11-29-32)14-3-6-18(25)17(9-14)19(33)10-24(13-28)7-8-24/h3,6,9,11-12,16H,4-5,7-8,10H2,1-2H3. The molecule has 10 heteroatoms. The van der Waals surface area contributed by atoms with Crippen molar-refractivity contribution in [1.82, 2.24) is 19.6 Å². The Hall–Kier alpha value is -2.70. The number of alkyl halides is 2. The van der Waals surface area contributed by atoms with Gasteiger partial charge in [0.2, 0.25) is 0 Å². The van der Waals surface area contributed by atoms with Gasteiger partial charge < -0.3 is 0 Å². The van der Waals surface area contributed by atoms with Gasteiger partial charge in [-0.05, 0) is 43.4 Å². The number of aryl methyl sites for hydroxylation is 1. The first-order valence-electron chi connectivity index (χ1n) is 11.0. The summed E-state index contributed by atoms with van der Waals surface area (Å²) >= 11 is 7.72. The molecular weight excluding hydrogens is 480 g/mol. The number of thioether (sulfide) groups is 1. The normalized spacial score (nSPS) is 16.9. The Morgan fingerprint density at radius 2 is 2.09 bits per heavy atom. The highest BCUT2D eigenvalue weighted by molar-refractivity contribution is 8.00. The molecule has 0 unspecified atom stereocenters. The highest BCUT2D eigenvalue weighted by atomic mass is 35.5. The molecule has 2 aliphatic carbocycles. The van der Waals surface area contributed by atoms with Crippen molar-refractivity contribution in [1.29, 1.82) is 5.26 Å². The molecule has 0 aliphatic heterocycles. The first kappa shape index (κ1) is 23.1. The van der Waals surface area contributed by atoms with Gasteiger partial charge in [0.1, 0.15) is 5.69 Å². The molecule has 3 aromatic rings. The molecule has 0 bridgehead atoms. The molecule has 2 fully saturated rings. The van der Waals surface area contributed by atoms with Crippen LogP contribution in [0.2, 0.25) is 5.02 Å². The summed E-state index contributed by atoms with van der Waals surface area (Å²) in [5, 5.41) is 18.5.